The summed E-state index contributed by atoms with van der Waals surface area (Å²) in [6.45, 7) is 2.87. The fourth-order valence-corrected chi connectivity index (χ4v) is 3.40. The Morgan fingerprint density at radius 2 is 2.35 bits per heavy atom. The zero-order chi connectivity index (χ0) is 14.1. The molecule has 3 rings (SSSR count). The molecular formula is C10H11ClIN8-. The molecular weight excluding hydrogens is 395 g/mol. The van der Waals surface area contributed by atoms with Gasteiger partial charge in [-0.15, -0.1) is 0 Å². The fourth-order valence-electron chi connectivity index (χ4n) is 1.61. The summed E-state index contributed by atoms with van der Waals surface area (Å²) in [5.74, 6) is 0.342. The van der Waals surface area contributed by atoms with Gasteiger partial charge in [0.1, 0.15) is 0 Å². The minimum absolute atomic E-state index is 0.342. The van der Waals surface area contributed by atoms with Crippen LogP contribution in [0.15, 0.2) is 12.4 Å². The Balaban J connectivity index is 1.80. The van der Waals surface area contributed by atoms with E-state index in [0.29, 0.717) is 25.8 Å². The van der Waals surface area contributed by atoms with Crippen molar-refractivity contribution >= 4 is 34.1 Å². The van der Waals surface area contributed by atoms with Gasteiger partial charge in [-0.25, -0.2) is 0 Å². The molecule has 3 aromatic rings. The van der Waals surface area contributed by atoms with Gasteiger partial charge in [0.05, 0.1) is 0 Å². The number of hydrogen-bond donors (Lipinski definition) is 3. The van der Waals surface area contributed by atoms with Crippen LogP contribution in [-0.2, 0) is 6.54 Å². The van der Waals surface area contributed by atoms with E-state index < -0.39 is 21.5 Å². The number of aromatic amines is 1. The molecule has 0 aliphatic heterocycles. The molecule has 0 saturated carbocycles. The van der Waals surface area contributed by atoms with Gasteiger partial charge >= 0.3 is 130 Å². The number of H-pyrrole nitrogens is 1. The van der Waals surface area contributed by atoms with Crippen molar-refractivity contribution in [2.45, 2.75) is 13.5 Å². The second kappa shape index (κ2) is 5.40. The summed E-state index contributed by atoms with van der Waals surface area (Å²) in [6, 6.07) is 0. The molecule has 0 saturated heterocycles. The normalized spacial score (nSPS) is 11.3. The number of aromatic nitrogens is 6. The van der Waals surface area contributed by atoms with Crippen molar-refractivity contribution in [3.63, 3.8) is 0 Å². The maximum absolute atomic E-state index is 5.93. The van der Waals surface area contributed by atoms with Crippen molar-refractivity contribution in [2.24, 2.45) is 0 Å². The quantitative estimate of drug-likeness (QED) is 0.265. The number of halogens is 2. The molecule has 3 heterocycles. The Hall–Kier alpha value is -1.62. The Morgan fingerprint density at radius 3 is 3.10 bits per heavy atom. The molecule has 20 heavy (non-hydrogen) atoms. The average molecular weight is 406 g/mol. The first-order valence-corrected chi connectivity index (χ1v) is 8.30. The Morgan fingerprint density at radius 1 is 1.50 bits per heavy atom. The number of anilines is 2. The number of fused-ring (bicyclic) bond motifs is 1. The van der Waals surface area contributed by atoms with Gasteiger partial charge in [0.25, 0.3) is 0 Å². The Labute approximate surface area is 129 Å². The van der Waals surface area contributed by atoms with Gasteiger partial charge < -0.3 is 0 Å². The molecule has 0 aromatic carbocycles. The molecule has 10 heteroatoms. The third kappa shape index (κ3) is 2.50. The number of nitrogens with one attached hydrogen (secondary N) is 2. The summed E-state index contributed by atoms with van der Waals surface area (Å²) in [7, 11) is 0. The topological polar surface area (TPSA) is 110 Å². The summed E-state index contributed by atoms with van der Waals surface area (Å²) in [5.41, 5.74) is 7.31. The number of aryl methyl sites for hydroxylation is 1. The first kappa shape index (κ1) is 13.4. The molecule has 8 nitrogen and oxygen atoms in total. The molecule has 0 radical (unpaired) electrons. The number of nitrogens with zero attached hydrogens (tertiary/aromatic N) is 5. The number of hydrogen-bond acceptors (Lipinski definition) is 6. The van der Waals surface area contributed by atoms with Crippen LogP contribution in [0.4, 0.5) is 11.5 Å². The third-order valence-electron chi connectivity index (χ3n) is 2.57. The van der Waals surface area contributed by atoms with Crippen LogP contribution in [0, 0.1) is 3.83 Å². The summed E-state index contributed by atoms with van der Waals surface area (Å²) in [4.78, 5) is 8.60. The number of nitrogen functional groups attached to an aromatic ring is 1. The molecule has 0 fully saturated rings. The average Bonchev–Trinajstić information content (AvgIpc) is 3.03. The van der Waals surface area contributed by atoms with Crippen molar-refractivity contribution in [3.05, 3.63) is 21.4 Å². The molecule has 0 bridgehead atoms. The first-order valence-electron chi connectivity index (χ1n) is 5.76. The van der Waals surface area contributed by atoms with Crippen molar-refractivity contribution in [3.8, 4) is 0 Å². The fraction of sp³-hybridized carbons (Fsp3) is 0.200. The summed E-state index contributed by atoms with van der Waals surface area (Å²) in [6.07, 6.45) is 3.71. The second-order valence-electron chi connectivity index (χ2n) is 3.89. The summed E-state index contributed by atoms with van der Waals surface area (Å²) < 4.78 is 5.79. The molecule has 0 atom stereocenters. The molecule has 0 aliphatic carbocycles. The minimum atomic E-state index is -0.629. The monoisotopic (exact) mass is 405 g/mol. The van der Waals surface area contributed by atoms with Crippen LogP contribution in [0.25, 0.3) is 11.0 Å². The van der Waals surface area contributed by atoms with E-state index in [0.717, 1.165) is 12.2 Å². The van der Waals surface area contributed by atoms with E-state index in [1.807, 2.05) is 17.8 Å². The predicted octanol–water partition coefficient (Wildman–Crippen LogP) is -1.91. The SMILES string of the molecule is CCn1cc(N[I-]c2nc(N)c3c(Cl)[nH]nc3n2)cn1. The van der Waals surface area contributed by atoms with Crippen LogP contribution >= 0.6 is 11.6 Å². The summed E-state index contributed by atoms with van der Waals surface area (Å²) in [5, 5.41) is 11.8. The zero-order valence-corrected chi connectivity index (χ0v) is 13.3. The Kier molecular flexibility index (Phi) is 3.61. The van der Waals surface area contributed by atoms with Crippen LogP contribution in [0.5, 0.6) is 0 Å². The van der Waals surface area contributed by atoms with E-state index in [9.17, 15) is 0 Å². The molecule has 0 spiro atoms. The van der Waals surface area contributed by atoms with E-state index in [2.05, 4.69) is 28.8 Å². The van der Waals surface area contributed by atoms with Crippen molar-refractivity contribution in [1.82, 2.24) is 29.9 Å². The van der Waals surface area contributed by atoms with E-state index in [-0.39, 0.29) is 0 Å². The van der Waals surface area contributed by atoms with Gasteiger partial charge in [-0.1, -0.05) is 0 Å². The molecule has 4 N–H and O–H groups in total. The second-order valence-corrected chi connectivity index (χ2v) is 6.31. The summed E-state index contributed by atoms with van der Waals surface area (Å²) >= 11 is 5.30. The van der Waals surface area contributed by atoms with Gasteiger partial charge in [-0.3, -0.25) is 0 Å². The van der Waals surface area contributed by atoms with E-state index in [4.69, 9.17) is 17.3 Å². The number of rotatable bonds is 4. The van der Waals surface area contributed by atoms with Crippen LogP contribution in [-0.4, -0.2) is 29.9 Å². The zero-order valence-electron chi connectivity index (χ0n) is 10.4. The van der Waals surface area contributed by atoms with Crippen LogP contribution in [0.3, 0.4) is 0 Å². The Bertz CT molecular complexity index is 751. The predicted molar refractivity (Wildman–Crippen MR) is 71.3 cm³/mol. The molecule has 106 valence electrons. The van der Waals surface area contributed by atoms with E-state index in [1.165, 1.54) is 0 Å². The van der Waals surface area contributed by atoms with Crippen LogP contribution in [0.1, 0.15) is 6.92 Å². The van der Waals surface area contributed by atoms with Gasteiger partial charge in [-0.05, 0) is 0 Å². The van der Waals surface area contributed by atoms with Gasteiger partial charge in [0.2, 0.25) is 0 Å². The van der Waals surface area contributed by atoms with Crippen molar-refractivity contribution in [1.29, 1.82) is 0 Å². The first-order chi connectivity index (χ1) is 9.67. The van der Waals surface area contributed by atoms with Crippen molar-refractivity contribution < 1.29 is 21.5 Å². The van der Waals surface area contributed by atoms with E-state index in [1.54, 1.807) is 6.20 Å². The van der Waals surface area contributed by atoms with Gasteiger partial charge in [0, 0.05) is 0 Å². The number of nitrogens with two attached hydrogens (primary N) is 1. The standard InChI is InChI=1S/C10H11ClIN8/c1-2-20-4-5(3-14-20)17-12-10-15-8(13)6-7(11)18-19-9(6)16-10/h3-4,17H,2H2,1H3,(H3,13,15,16,18,19)/q-1. The van der Waals surface area contributed by atoms with Gasteiger partial charge in [0.15, 0.2) is 0 Å². The van der Waals surface area contributed by atoms with Crippen LogP contribution < -0.4 is 30.7 Å². The van der Waals surface area contributed by atoms with Crippen molar-refractivity contribution in [2.75, 3.05) is 9.26 Å². The van der Waals surface area contributed by atoms with Gasteiger partial charge in [-0.2, -0.15) is 0 Å². The third-order valence-corrected chi connectivity index (χ3v) is 4.70. The molecule has 0 aliphatic rings. The molecule has 0 amide bonds. The molecule has 3 aromatic heterocycles. The molecule has 0 unspecified atom stereocenters. The maximum atomic E-state index is 5.93. The van der Waals surface area contributed by atoms with Crippen LogP contribution in [0.2, 0.25) is 5.15 Å². The van der Waals surface area contributed by atoms with E-state index >= 15 is 0 Å².